The number of nitrogens with one attached hydrogen (secondary N) is 2. The van der Waals surface area contributed by atoms with Crippen molar-refractivity contribution in [1.82, 2.24) is 4.90 Å². The Balaban J connectivity index is 1.43. The molecule has 2 fully saturated rings. The fourth-order valence-electron chi connectivity index (χ4n) is 4.29. The second-order valence-corrected chi connectivity index (χ2v) is 8.97. The maximum absolute atomic E-state index is 13.0. The molecule has 1 saturated heterocycles. The first-order valence-corrected chi connectivity index (χ1v) is 11.3. The van der Waals surface area contributed by atoms with Crippen LogP contribution in [-0.2, 0) is 15.8 Å². The van der Waals surface area contributed by atoms with E-state index in [9.17, 15) is 27.6 Å². The minimum atomic E-state index is -4.52. The molecular weight excluding hydrogens is 447 g/mol. The summed E-state index contributed by atoms with van der Waals surface area (Å²) in [5, 5.41) is 5.25. The van der Waals surface area contributed by atoms with Gasteiger partial charge in [-0.05, 0) is 68.0 Å². The lowest BCUT2D eigenvalue weighted by molar-refractivity contribution is -0.141. The van der Waals surface area contributed by atoms with Gasteiger partial charge in [0.2, 0.25) is 11.8 Å². The zero-order chi connectivity index (χ0) is 24.5. The molecule has 1 aliphatic heterocycles. The zero-order valence-corrected chi connectivity index (χ0v) is 18.7. The summed E-state index contributed by atoms with van der Waals surface area (Å²) in [6.07, 6.45) is -1.37. The number of halogens is 3. The van der Waals surface area contributed by atoms with Crippen LogP contribution >= 0.6 is 0 Å². The Morgan fingerprint density at radius 1 is 0.971 bits per heavy atom. The summed E-state index contributed by atoms with van der Waals surface area (Å²) < 4.78 is 38.8. The number of nitrogens with zero attached hydrogens (tertiary/aromatic N) is 1. The van der Waals surface area contributed by atoms with E-state index in [0.717, 1.165) is 31.4 Å². The largest absolute Gasteiger partial charge is 0.416 e. The van der Waals surface area contributed by atoms with Crippen molar-refractivity contribution >= 4 is 29.1 Å². The molecule has 2 aliphatic rings. The maximum atomic E-state index is 13.0. The van der Waals surface area contributed by atoms with Crippen LogP contribution < -0.4 is 10.6 Å². The highest BCUT2D eigenvalue weighted by Crippen LogP contribution is 2.40. The van der Waals surface area contributed by atoms with Gasteiger partial charge in [0.25, 0.3) is 5.91 Å². The molecule has 0 aromatic heterocycles. The lowest BCUT2D eigenvalue weighted by atomic mass is 10.00. The standard InChI is InChI=1S/C25H26F3N3O3/c1-15-12-20(15)24(34)31-11-3-2-10-21(31)23(33)30-18-8-4-6-16(13-18)22(32)29-19-9-5-7-17(14-19)25(26,27)28/h4-9,13-15,20-21H,2-3,10-12H2,1H3,(H,29,32)(H,30,33)/t15-,20-,21-/m1/s1. The average Bonchev–Trinajstić information content (AvgIpc) is 3.55. The molecule has 6 nitrogen and oxygen atoms in total. The number of likely N-dealkylation sites (tertiary alicyclic amines) is 1. The molecule has 9 heteroatoms. The Bertz CT molecular complexity index is 1100. The fraction of sp³-hybridized carbons (Fsp3) is 0.400. The van der Waals surface area contributed by atoms with Gasteiger partial charge in [0.1, 0.15) is 6.04 Å². The van der Waals surface area contributed by atoms with Crippen LogP contribution in [0, 0.1) is 11.8 Å². The predicted octanol–water partition coefficient (Wildman–Crippen LogP) is 4.93. The molecule has 180 valence electrons. The van der Waals surface area contributed by atoms with Crippen molar-refractivity contribution in [2.75, 3.05) is 17.2 Å². The van der Waals surface area contributed by atoms with Crippen LogP contribution in [0.2, 0.25) is 0 Å². The van der Waals surface area contributed by atoms with Gasteiger partial charge in [0, 0.05) is 29.4 Å². The monoisotopic (exact) mass is 473 g/mol. The van der Waals surface area contributed by atoms with Gasteiger partial charge in [-0.25, -0.2) is 0 Å². The van der Waals surface area contributed by atoms with Gasteiger partial charge in [0.15, 0.2) is 0 Å². The van der Waals surface area contributed by atoms with Crippen molar-refractivity contribution in [3.05, 3.63) is 59.7 Å². The molecule has 3 amide bonds. The minimum absolute atomic E-state index is 0.00345. The highest BCUT2D eigenvalue weighted by atomic mass is 19.4. The summed E-state index contributed by atoms with van der Waals surface area (Å²) in [6, 6.07) is 9.97. The topological polar surface area (TPSA) is 78.5 Å². The van der Waals surface area contributed by atoms with Crippen LogP contribution in [0.15, 0.2) is 48.5 Å². The zero-order valence-electron chi connectivity index (χ0n) is 18.7. The van der Waals surface area contributed by atoms with E-state index in [1.807, 2.05) is 6.92 Å². The number of anilines is 2. The van der Waals surface area contributed by atoms with Crippen molar-refractivity contribution in [2.24, 2.45) is 11.8 Å². The van der Waals surface area contributed by atoms with Gasteiger partial charge in [-0.15, -0.1) is 0 Å². The third-order valence-electron chi connectivity index (χ3n) is 6.36. The smallest absolute Gasteiger partial charge is 0.330 e. The van der Waals surface area contributed by atoms with Crippen LogP contribution in [-0.4, -0.2) is 35.2 Å². The number of hydrogen-bond acceptors (Lipinski definition) is 3. The molecule has 1 aliphatic carbocycles. The van der Waals surface area contributed by atoms with Gasteiger partial charge < -0.3 is 15.5 Å². The lowest BCUT2D eigenvalue weighted by Gasteiger charge is -2.35. The molecule has 2 aromatic rings. The SMILES string of the molecule is C[C@@H]1C[C@H]1C(=O)N1CCCC[C@@H]1C(=O)Nc1cccc(C(=O)Nc2cccc(C(F)(F)F)c2)c1. The summed E-state index contributed by atoms with van der Waals surface area (Å²) in [5.41, 5.74) is -0.295. The third kappa shape index (κ3) is 5.40. The normalized spacial score (nSPS) is 22.1. The first-order valence-electron chi connectivity index (χ1n) is 11.3. The van der Waals surface area contributed by atoms with Crippen LogP contribution in [0.4, 0.5) is 24.5 Å². The van der Waals surface area contributed by atoms with Gasteiger partial charge in [0.05, 0.1) is 5.56 Å². The molecule has 2 N–H and O–H groups in total. The Morgan fingerprint density at radius 2 is 1.65 bits per heavy atom. The van der Waals surface area contributed by atoms with E-state index in [4.69, 9.17) is 0 Å². The van der Waals surface area contributed by atoms with Crippen molar-refractivity contribution in [3.63, 3.8) is 0 Å². The van der Waals surface area contributed by atoms with E-state index in [1.165, 1.54) is 24.3 Å². The van der Waals surface area contributed by atoms with E-state index in [-0.39, 0.29) is 29.0 Å². The van der Waals surface area contributed by atoms with Crippen molar-refractivity contribution in [1.29, 1.82) is 0 Å². The van der Waals surface area contributed by atoms with Gasteiger partial charge in [-0.2, -0.15) is 13.2 Å². The van der Waals surface area contributed by atoms with Gasteiger partial charge in [-0.3, -0.25) is 14.4 Å². The van der Waals surface area contributed by atoms with Crippen LogP contribution in [0.1, 0.15) is 48.5 Å². The number of amides is 3. The molecule has 4 rings (SSSR count). The number of carbonyl (C=O) groups excluding carboxylic acids is 3. The summed E-state index contributed by atoms with van der Waals surface area (Å²) >= 11 is 0. The Morgan fingerprint density at radius 3 is 2.32 bits per heavy atom. The molecule has 0 spiro atoms. The van der Waals surface area contributed by atoms with Crippen LogP contribution in [0.5, 0.6) is 0 Å². The molecule has 0 unspecified atom stereocenters. The maximum Gasteiger partial charge on any atom is 0.416 e. The summed E-state index contributed by atoms with van der Waals surface area (Å²) in [6.45, 7) is 2.58. The summed E-state index contributed by atoms with van der Waals surface area (Å²) in [4.78, 5) is 40.1. The highest BCUT2D eigenvalue weighted by Gasteiger charge is 2.44. The van der Waals surface area contributed by atoms with E-state index in [0.29, 0.717) is 24.6 Å². The number of hydrogen-bond donors (Lipinski definition) is 2. The molecule has 34 heavy (non-hydrogen) atoms. The molecule has 1 heterocycles. The van der Waals surface area contributed by atoms with Crippen molar-refractivity contribution in [2.45, 2.75) is 44.8 Å². The van der Waals surface area contributed by atoms with Crippen molar-refractivity contribution < 1.29 is 27.6 Å². The third-order valence-corrected chi connectivity index (χ3v) is 6.36. The summed E-state index contributed by atoms with van der Waals surface area (Å²) in [7, 11) is 0. The molecule has 2 aromatic carbocycles. The van der Waals surface area contributed by atoms with Gasteiger partial charge in [-0.1, -0.05) is 19.1 Å². The number of rotatable bonds is 5. The average molecular weight is 473 g/mol. The predicted molar refractivity (Wildman–Crippen MR) is 121 cm³/mol. The van der Waals surface area contributed by atoms with E-state index in [2.05, 4.69) is 10.6 Å². The van der Waals surface area contributed by atoms with Crippen LogP contribution in [0.25, 0.3) is 0 Å². The molecule has 1 saturated carbocycles. The Hall–Kier alpha value is -3.36. The second kappa shape index (κ2) is 9.48. The van der Waals surface area contributed by atoms with E-state index < -0.39 is 23.7 Å². The quantitative estimate of drug-likeness (QED) is 0.646. The molecule has 0 radical (unpaired) electrons. The van der Waals surface area contributed by atoms with Crippen LogP contribution in [0.3, 0.4) is 0 Å². The molecular formula is C25H26F3N3O3. The highest BCUT2D eigenvalue weighted by molar-refractivity contribution is 6.05. The number of benzene rings is 2. The lowest BCUT2D eigenvalue weighted by Crippen LogP contribution is -2.50. The molecule has 3 atom stereocenters. The first-order chi connectivity index (χ1) is 16.1. The van der Waals surface area contributed by atoms with Gasteiger partial charge >= 0.3 is 6.18 Å². The summed E-state index contributed by atoms with van der Waals surface area (Å²) in [5.74, 6) is -0.535. The number of carbonyl (C=O) groups is 3. The second-order valence-electron chi connectivity index (χ2n) is 8.97. The number of piperidine rings is 1. The van der Waals surface area contributed by atoms with Crippen molar-refractivity contribution in [3.8, 4) is 0 Å². The van der Waals surface area contributed by atoms with E-state index in [1.54, 1.807) is 17.0 Å². The number of alkyl halides is 3. The fourth-order valence-corrected chi connectivity index (χ4v) is 4.29. The Labute approximate surface area is 195 Å². The van der Waals surface area contributed by atoms with E-state index >= 15 is 0 Å². The Kier molecular flexibility index (Phi) is 6.63. The molecule has 0 bridgehead atoms. The first kappa shape index (κ1) is 23.8. The minimum Gasteiger partial charge on any atom is -0.330 e.